The number of benzene rings is 1. The Bertz CT molecular complexity index is 537. The van der Waals surface area contributed by atoms with Crippen molar-refractivity contribution in [2.75, 3.05) is 33.5 Å². The molecule has 0 bridgehead atoms. The van der Waals surface area contributed by atoms with Crippen molar-refractivity contribution in [3.8, 4) is 0 Å². The predicted molar refractivity (Wildman–Crippen MR) is 86.6 cm³/mol. The van der Waals surface area contributed by atoms with Crippen LogP contribution >= 0.6 is 0 Å². The van der Waals surface area contributed by atoms with Crippen LogP contribution in [0.3, 0.4) is 0 Å². The molecule has 1 heterocycles. The number of nitrogens with one attached hydrogen (secondary N) is 1. The summed E-state index contributed by atoms with van der Waals surface area (Å²) in [6.45, 7) is 7.14. The van der Waals surface area contributed by atoms with Crippen molar-refractivity contribution in [1.82, 2.24) is 9.88 Å². The first-order valence-electron chi connectivity index (χ1n) is 7.71. The van der Waals surface area contributed by atoms with E-state index in [4.69, 9.17) is 9.47 Å². The quantitative estimate of drug-likeness (QED) is 0.683. The van der Waals surface area contributed by atoms with E-state index in [0.717, 1.165) is 45.9 Å². The Balaban J connectivity index is 1.99. The van der Waals surface area contributed by atoms with Crippen molar-refractivity contribution in [3.63, 3.8) is 0 Å². The molecule has 0 aliphatic rings. The molecule has 0 saturated carbocycles. The largest absolute Gasteiger partial charge is 0.383 e. The van der Waals surface area contributed by atoms with Crippen molar-refractivity contribution in [2.45, 2.75) is 26.4 Å². The number of aromatic nitrogens is 1. The zero-order valence-corrected chi connectivity index (χ0v) is 13.1. The van der Waals surface area contributed by atoms with Gasteiger partial charge in [-0.05, 0) is 24.1 Å². The summed E-state index contributed by atoms with van der Waals surface area (Å²) in [4.78, 5) is 0. The van der Waals surface area contributed by atoms with E-state index in [1.165, 1.54) is 16.5 Å². The van der Waals surface area contributed by atoms with E-state index in [9.17, 15) is 0 Å². The average Bonchev–Trinajstić information content (AvgIpc) is 2.92. The monoisotopic (exact) mass is 290 g/mol. The minimum atomic E-state index is 0.742. The summed E-state index contributed by atoms with van der Waals surface area (Å²) in [5.74, 6) is 0. The van der Waals surface area contributed by atoms with E-state index >= 15 is 0 Å². The molecule has 0 aliphatic carbocycles. The molecular weight excluding hydrogens is 264 g/mol. The van der Waals surface area contributed by atoms with Crippen molar-refractivity contribution in [3.05, 3.63) is 36.0 Å². The molecular formula is C17H26N2O2. The molecule has 0 saturated heterocycles. The van der Waals surface area contributed by atoms with Gasteiger partial charge in [-0.1, -0.05) is 19.1 Å². The molecule has 21 heavy (non-hydrogen) atoms. The maximum absolute atomic E-state index is 5.58. The number of methoxy groups -OCH3 is 1. The summed E-state index contributed by atoms with van der Waals surface area (Å²) in [7, 11) is 1.73. The van der Waals surface area contributed by atoms with Gasteiger partial charge >= 0.3 is 0 Å². The van der Waals surface area contributed by atoms with Crippen LogP contribution < -0.4 is 5.32 Å². The van der Waals surface area contributed by atoms with Gasteiger partial charge in [-0.3, -0.25) is 0 Å². The van der Waals surface area contributed by atoms with Crippen LogP contribution in [0, 0.1) is 0 Å². The third-order valence-electron chi connectivity index (χ3n) is 3.53. The molecule has 0 unspecified atom stereocenters. The lowest BCUT2D eigenvalue weighted by molar-refractivity contribution is 0.127. The Hall–Kier alpha value is -1.36. The second kappa shape index (κ2) is 8.82. The fourth-order valence-electron chi connectivity index (χ4n) is 2.44. The van der Waals surface area contributed by atoms with E-state index < -0.39 is 0 Å². The van der Waals surface area contributed by atoms with Gasteiger partial charge in [0, 0.05) is 50.5 Å². The zero-order chi connectivity index (χ0) is 14.9. The predicted octanol–water partition coefficient (Wildman–Crippen LogP) is 2.80. The smallest absolute Gasteiger partial charge is 0.0645 e. The third kappa shape index (κ3) is 4.56. The van der Waals surface area contributed by atoms with Gasteiger partial charge in [-0.25, -0.2) is 0 Å². The molecule has 1 aromatic heterocycles. The summed E-state index contributed by atoms with van der Waals surface area (Å²) in [5, 5.41) is 4.72. The van der Waals surface area contributed by atoms with Gasteiger partial charge in [0.15, 0.2) is 0 Å². The summed E-state index contributed by atoms with van der Waals surface area (Å²) >= 11 is 0. The molecule has 2 aromatic rings. The van der Waals surface area contributed by atoms with Gasteiger partial charge in [-0.2, -0.15) is 0 Å². The normalized spacial score (nSPS) is 11.3. The number of hydrogen-bond donors (Lipinski definition) is 1. The number of hydrogen-bond acceptors (Lipinski definition) is 3. The van der Waals surface area contributed by atoms with Crippen molar-refractivity contribution in [1.29, 1.82) is 0 Å². The molecule has 1 aromatic carbocycles. The van der Waals surface area contributed by atoms with E-state index in [-0.39, 0.29) is 0 Å². The Morgan fingerprint density at radius 2 is 2.05 bits per heavy atom. The standard InChI is InChI=1S/C17H26N2O2/c1-3-11-21-13-10-19-9-7-16-15(5-4-6-17(16)19)14-18-8-12-20-2/h4-7,9,18H,3,8,10-14H2,1-2H3. The average molecular weight is 290 g/mol. The lowest BCUT2D eigenvalue weighted by Gasteiger charge is -2.08. The van der Waals surface area contributed by atoms with E-state index in [2.05, 4.69) is 47.3 Å². The fourth-order valence-corrected chi connectivity index (χ4v) is 2.44. The molecule has 116 valence electrons. The highest BCUT2D eigenvalue weighted by atomic mass is 16.5. The Morgan fingerprint density at radius 1 is 1.14 bits per heavy atom. The number of rotatable bonds is 10. The third-order valence-corrected chi connectivity index (χ3v) is 3.53. The van der Waals surface area contributed by atoms with Gasteiger partial charge in [0.1, 0.15) is 0 Å². The van der Waals surface area contributed by atoms with E-state index in [1.807, 2.05) is 0 Å². The zero-order valence-electron chi connectivity index (χ0n) is 13.1. The number of ether oxygens (including phenoxy) is 2. The fraction of sp³-hybridized carbons (Fsp3) is 0.529. The van der Waals surface area contributed by atoms with Crippen LogP contribution in [0.2, 0.25) is 0 Å². The summed E-state index contributed by atoms with van der Waals surface area (Å²) in [6.07, 6.45) is 3.22. The topological polar surface area (TPSA) is 35.4 Å². The highest BCUT2D eigenvalue weighted by Crippen LogP contribution is 2.20. The molecule has 0 amide bonds. The van der Waals surface area contributed by atoms with Crippen LogP contribution in [0.1, 0.15) is 18.9 Å². The van der Waals surface area contributed by atoms with Gasteiger partial charge < -0.3 is 19.4 Å². The van der Waals surface area contributed by atoms with Crippen LogP contribution in [0.15, 0.2) is 30.5 Å². The Morgan fingerprint density at radius 3 is 2.86 bits per heavy atom. The minimum Gasteiger partial charge on any atom is -0.383 e. The van der Waals surface area contributed by atoms with E-state index in [1.54, 1.807) is 7.11 Å². The van der Waals surface area contributed by atoms with Crippen molar-refractivity contribution in [2.24, 2.45) is 0 Å². The van der Waals surface area contributed by atoms with Crippen molar-refractivity contribution < 1.29 is 9.47 Å². The molecule has 0 aliphatic heterocycles. The highest BCUT2D eigenvalue weighted by molar-refractivity contribution is 5.83. The van der Waals surface area contributed by atoms with Gasteiger partial charge in [0.05, 0.1) is 13.2 Å². The van der Waals surface area contributed by atoms with Gasteiger partial charge in [-0.15, -0.1) is 0 Å². The maximum Gasteiger partial charge on any atom is 0.0645 e. The first-order valence-corrected chi connectivity index (χ1v) is 7.71. The number of nitrogens with zero attached hydrogens (tertiary/aromatic N) is 1. The summed E-state index contributed by atoms with van der Waals surface area (Å²) in [6, 6.07) is 8.68. The van der Waals surface area contributed by atoms with Crippen LogP contribution in [-0.4, -0.2) is 38.0 Å². The van der Waals surface area contributed by atoms with Gasteiger partial charge in [0.25, 0.3) is 0 Å². The molecule has 0 atom stereocenters. The summed E-state index contributed by atoms with van der Waals surface area (Å²) < 4.78 is 12.9. The first kappa shape index (κ1) is 16.0. The first-order chi connectivity index (χ1) is 10.4. The van der Waals surface area contributed by atoms with E-state index in [0.29, 0.717) is 0 Å². The van der Waals surface area contributed by atoms with Crippen molar-refractivity contribution >= 4 is 10.9 Å². The molecule has 2 rings (SSSR count). The molecule has 0 spiro atoms. The minimum absolute atomic E-state index is 0.742. The molecule has 0 radical (unpaired) electrons. The van der Waals surface area contributed by atoms with Crippen LogP contribution in [-0.2, 0) is 22.6 Å². The Labute approximate surface area is 127 Å². The lowest BCUT2D eigenvalue weighted by atomic mass is 10.1. The lowest BCUT2D eigenvalue weighted by Crippen LogP contribution is -2.18. The van der Waals surface area contributed by atoms with Crippen LogP contribution in [0.25, 0.3) is 10.9 Å². The SMILES string of the molecule is CCCOCCn1ccc2c(CNCCOC)cccc21. The second-order valence-corrected chi connectivity index (χ2v) is 5.14. The maximum atomic E-state index is 5.58. The van der Waals surface area contributed by atoms with Gasteiger partial charge in [0.2, 0.25) is 0 Å². The van der Waals surface area contributed by atoms with Crippen LogP contribution in [0.4, 0.5) is 0 Å². The molecule has 1 N–H and O–H groups in total. The molecule has 4 nitrogen and oxygen atoms in total. The van der Waals surface area contributed by atoms with Crippen LogP contribution in [0.5, 0.6) is 0 Å². The second-order valence-electron chi connectivity index (χ2n) is 5.14. The Kier molecular flexibility index (Phi) is 6.73. The molecule has 0 fully saturated rings. The summed E-state index contributed by atoms with van der Waals surface area (Å²) in [5.41, 5.74) is 2.61. The highest BCUT2D eigenvalue weighted by Gasteiger charge is 2.05. The molecule has 4 heteroatoms. The number of fused-ring (bicyclic) bond motifs is 1.